The molecule has 8 heteroatoms. The van der Waals surface area contributed by atoms with E-state index in [9.17, 15) is 19.2 Å². The third-order valence-electron chi connectivity index (χ3n) is 6.58. The molecule has 198 valence electrons. The highest BCUT2D eigenvalue weighted by atomic mass is 16.2. The van der Waals surface area contributed by atoms with E-state index < -0.39 is 23.9 Å². The normalized spacial score (nSPS) is 20.5. The first-order chi connectivity index (χ1) is 17.8. The molecule has 2 aromatic rings. The smallest absolute Gasteiger partial charge is 0.242 e. The van der Waals surface area contributed by atoms with E-state index in [1.165, 1.54) is 0 Å². The van der Waals surface area contributed by atoms with Crippen LogP contribution in [0.2, 0.25) is 0 Å². The van der Waals surface area contributed by atoms with Crippen LogP contribution < -0.4 is 16.0 Å². The number of nitrogens with one attached hydrogen (secondary N) is 3. The van der Waals surface area contributed by atoms with E-state index in [1.807, 2.05) is 74.5 Å². The summed E-state index contributed by atoms with van der Waals surface area (Å²) in [6.45, 7) is 6.51. The van der Waals surface area contributed by atoms with Gasteiger partial charge in [-0.2, -0.15) is 0 Å². The predicted molar refractivity (Wildman–Crippen MR) is 143 cm³/mol. The molecule has 0 spiro atoms. The van der Waals surface area contributed by atoms with Gasteiger partial charge in [0.05, 0.1) is 5.92 Å². The van der Waals surface area contributed by atoms with Crippen LogP contribution >= 0.6 is 0 Å². The molecule has 2 atom stereocenters. The first-order valence-corrected chi connectivity index (χ1v) is 13.0. The lowest BCUT2D eigenvalue weighted by atomic mass is 9.90. The third kappa shape index (κ3) is 7.90. The maximum absolute atomic E-state index is 14.0. The van der Waals surface area contributed by atoms with Gasteiger partial charge in [0.2, 0.25) is 23.6 Å². The Hall–Kier alpha value is -3.68. The molecule has 0 aliphatic carbocycles. The SMILES string of the molecule is CC(C)[C@H]1NC(=O)[C@@H](C)NC(=O)CCCN(C(=O)C(c2ccccc2)c2ccccc2)CCCNC1=O. The van der Waals surface area contributed by atoms with Crippen LogP contribution in [0.5, 0.6) is 0 Å². The fraction of sp³-hybridized carbons (Fsp3) is 0.448. The predicted octanol–water partition coefficient (Wildman–Crippen LogP) is 2.59. The fourth-order valence-corrected chi connectivity index (χ4v) is 4.50. The van der Waals surface area contributed by atoms with Crippen molar-refractivity contribution in [2.45, 2.75) is 58.0 Å². The summed E-state index contributed by atoms with van der Waals surface area (Å²) in [5.74, 6) is -1.58. The second-order valence-electron chi connectivity index (χ2n) is 9.85. The Bertz CT molecular complexity index is 1020. The summed E-state index contributed by atoms with van der Waals surface area (Å²) >= 11 is 0. The molecule has 3 N–H and O–H groups in total. The average Bonchev–Trinajstić information content (AvgIpc) is 2.89. The molecule has 8 nitrogen and oxygen atoms in total. The molecule has 1 fully saturated rings. The number of carbonyl (C=O) groups is 4. The molecule has 2 aromatic carbocycles. The molecule has 1 aliphatic rings. The van der Waals surface area contributed by atoms with Crippen molar-refractivity contribution in [1.29, 1.82) is 0 Å². The summed E-state index contributed by atoms with van der Waals surface area (Å²) < 4.78 is 0. The van der Waals surface area contributed by atoms with Crippen LogP contribution in [0.15, 0.2) is 60.7 Å². The van der Waals surface area contributed by atoms with Crippen molar-refractivity contribution >= 4 is 23.6 Å². The molecule has 0 saturated carbocycles. The van der Waals surface area contributed by atoms with Crippen molar-refractivity contribution in [3.8, 4) is 0 Å². The molecular formula is C29H38N4O4. The summed E-state index contributed by atoms with van der Waals surface area (Å²) in [6, 6.07) is 17.9. The van der Waals surface area contributed by atoms with Gasteiger partial charge in [0.15, 0.2) is 0 Å². The number of nitrogens with zero attached hydrogens (tertiary/aromatic N) is 1. The van der Waals surface area contributed by atoms with E-state index in [-0.39, 0.29) is 30.1 Å². The molecule has 3 rings (SSSR count). The van der Waals surface area contributed by atoms with E-state index in [2.05, 4.69) is 16.0 Å². The molecule has 0 aromatic heterocycles. The maximum Gasteiger partial charge on any atom is 0.242 e. The summed E-state index contributed by atoms with van der Waals surface area (Å²) in [6.07, 6.45) is 1.20. The minimum Gasteiger partial charge on any atom is -0.354 e. The van der Waals surface area contributed by atoms with Gasteiger partial charge in [-0.25, -0.2) is 0 Å². The highest BCUT2D eigenvalue weighted by molar-refractivity contribution is 5.92. The Balaban J connectivity index is 1.83. The van der Waals surface area contributed by atoms with E-state index in [0.717, 1.165) is 11.1 Å². The van der Waals surface area contributed by atoms with E-state index in [4.69, 9.17) is 0 Å². The number of rotatable bonds is 4. The molecule has 4 amide bonds. The highest BCUT2D eigenvalue weighted by Gasteiger charge is 2.29. The van der Waals surface area contributed by atoms with Gasteiger partial charge in [0, 0.05) is 26.1 Å². The Labute approximate surface area is 219 Å². The molecule has 0 unspecified atom stereocenters. The van der Waals surface area contributed by atoms with Crippen molar-refractivity contribution in [2.24, 2.45) is 5.92 Å². The van der Waals surface area contributed by atoms with E-state index >= 15 is 0 Å². The summed E-state index contributed by atoms with van der Waals surface area (Å²) in [5, 5.41) is 8.36. The summed E-state index contributed by atoms with van der Waals surface area (Å²) in [4.78, 5) is 53.7. The largest absolute Gasteiger partial charge is 0.354 e. The molecule has 37 heavy (non-hydrogen) atoms. The van der Waals surface area contributed by atoms with Crippen LogP contribution in [-0.2, 0) is 19.2 Å². The maximum atomic E-state index is 14.0. The third-order valence-corrected chi connectivity index (χ3v) is 6.58. The summed E-state index contributed by atoms with van der Waals surface area (Å²) in [7, 11) is 0. The lowest BCUT2D eigenvalue weighted by Gasteiger charge is -2.28. The molecule has 1 heterocycles. The van der Waals surface area contributed by atoms with Gasteiger partial charge in [0.25, 0.3) is 0 Å². The minimum atomic E-state index is -0.773. The Morgan fingerprint density at radius 3 is 1.97 bits per heavy atom. The second kappa shape index (κ2) is 13.6. The Morgan fingerprint density at radius 2 is 1.41 bits per heavy atom. The number of benzene rings is 2. The van der Waals surface area contributed by atoms with Crippen molar-refractivity contribution < 1.29 is 19.2 Å². The quantitative estimate of drug-likeness (QED) is 0.592. The van der Waals surface area contributed by atoms with E-state index in [0.29, 0.717) is 32.5 Å². The molecule has 1 aliphatic heterocycles. The van der Waals surface area contributed by atoms with Gasteiger partial charge in [-0.1, -0.05) is 74.5 Å². The fourth-order valence-electron chi connectivity index (χ4n) is 4.50. The van der Waals surface area contributed by atoms with E-state index in [1.54, 1.807) is 11.8 Å². The standard InChI is InChI=1S/C29H38N4O4/c1-20(2)26-28(36)30-17-11-19-33(18-10-16-24(34)31-21(3)27(35)32-26)29(37)25(22-12-6-4-7-13-22)23-14-8-5-9-15-23/h4-9,12-15,20-21,25-26H,10-11,16-19H2,1-3H3,(H,30,36)(H,31,34)(H,32,35)/t21-,26-/m1/s1. The van der Waals surface area contributed by atoms with Gasteiger partial charge in [-0.3, -0.25) is 19.2 Å². The van der Waals surface area contributed by atoms with Crippen molar-refractivity contribution in [2.75, 3.05) is 19.6 Å². The van der Waals surface area contributed by atoms with Crippen LogP contribution in [0.1, 0.15) is 57.1 Å². The van der Waals surface area contributed by atoms with Crippen molar-refractivity contribution in [3.63, 3.8) is 0 Å². The zero-order valence-corrected chi connectivity index (χ0v) is 21.9. The van der Waals surface area contributed by atoms with Crippen LogP contribution in [0.3, 0.4) is 0 Å². The average molecular weight is 507 g/mol. The number of carbonyl (C=O) groups excluding carboxylic acids is 4. The van der Waals surface area contributed by atoms with Crippen LogP contribution in [0.25, 0.3) is 0 Å². The second-order valence-corrected chi connectivity index (χ2v) is 9.85. The van der Waals surface area contributed by atoms with Gasteiger partial charge in [-0.15, -0.1) is 0 Å². The zero-order chi connectivity index (χ0) is 26.8. The van der Waals surface area contributed by atoms with Gasteiger partial charge < -0.3 is 20.9 Å². The van der Waals surface area contributed by atoms with Gasteiger partial charge in [-0.05, 0) is 36.8 Å². The number of hydrogen-bond donors (Lipinski definition) is 3. The monoisotopic (exact) mass is 506 g/mol. The lowest BCUT2D eigenvalue weighted by Crippen LogP contribution is -2.54. The van der Waals surface area contributed by atoms with Crippen molar-refractivity contribution in [3.05, 3.63) is 71.8 Å². The number of hydrogen-bond acceptors (Lipinski definition) is 4. The van der Waals surface area contributed by atoms with Crippen LogP contribution in [-0.4, -0.2) is 60.2 Å². The van der Waals surface area contributed by atoms with Crippen molar-refractivity contribution in [1.82, 2.24) is 20.9 Å². The lowest BCUT2D eigenvalue weighted by molar-refractivity contribution is -0.133. The topological polar surface area (TPSA) is 108 Å². The zero-order valence-electron chi connectivity index (χ0n) is 21.9. The Morgan fingerprint density at radius 1 is 0.838 bits per heavy atom. The van der Waals surface area contributed by atoms with Gasteiger partial charge in [0.1, 0.15) is 12.1 Å². The van der Waals surface area contributed by atoms with Crippen LogP contribution in [0.4, 0.5) is 0 Å². The summed E-state index contributed by atoms with van der Waals surface area (Å²) in [5.41, 5.74) is 1.80. The van der Waals surface area contributed by atoms with Crippen LogP contribution in [0, 0.1) is 5.92 Å². The van der Waals surface area contributed by atoms with Gasteiger partial charge >= 0.3 is 0 Å². The first-order valence-electron chi connectivity index (χ1n) is 13.0. The minimum absolute atomic E-state index is 0.0429. The highest BCUT2D eigenvalue weighted by Crippen LogP contribution is 2.27. The molecule has 1 saturated heterocycles. The molecule has 0 radical (unpaired) electrons. The first kappa shape index (κ1) is 27.9. The molecule has 0 bridgehead atoms. The number of amides is 4. The Kier molecular flexibility index (Phi) is 10.2. The molecular weight excluding hydrogens is 468 g/mol.